The number of hydrogen-bond acceptors (Lipinski definition) is 5. The van der Waals surface area contributed by atoms with Gasteiger partial charge in [0.2, 0.25) is 0 Å². The van der Waals surface area contributed by atoms with Crippen molar-refractivity contribution in [2.24, 2.45) is 0 Å². The molecule has 56 valence electrons. The Morgan fingerprint density at radius 2 is 2.60 bits per heavy atom. The van der Waals surface area contributed by atoms with E-state index in [0.717, 1.165) is 0 Å². The summed E-state index contributed by atoms with van der Waals surface area (Å²) >= 11 is 6.10. The fraction of sp³-hybridized carbons (Fsp3) is 0.500. The number of aromatic amines is 1. The van der Waals surface area contributed by atoms with Gasteiger partial charge in [-0.15, -0.1) is 10.4 Å². The SMILES string of the molecule is OCCSc1n[nH]oc1=S. The summed E-state index contributed by atoms with van der Waals surface area (Å²) in [6.45, 7) is 0.117. The second kappa shape index (κ2) is 3.75. The number of aromatic nitrogens is 2. The van der Waals surface area contributed by atoms with Gasteiger partial charge in [-0.2, -0.15) is 0 Å². The van der Waals surface area contributed by atoms with Crippen LogP contribution in [0.15, 0.2) is 9.55 Å². The molecule has 1 aromatic heterocycles. The number of aliphatic hydroxyl groups is 1. The second-order valence-electron chi connectivity index (χ2n) is 1.47. The quantitative estimate of drug-likeness (QED) is 0.530. The van der Waals surface area contributed by atoms with Gasteiger partial charge in [0.05, 0.1) is 6.61 Å². The number of hydrogen-bond donors (Lipinski definition) is 2. The van der Waals surface area contributed by atoms with E-state index < -0.39 is 0 Å². The van der Waals surface area contributed by atoms with Crippen LogP contribution < -0.4 is 0 Å². The number of rotatable bonds is 3. The maximum Gasteiger partial charge on any atom is 0.254 e. The summed E-state index contributed by atoms with van der Waals surface area (Å²) in [6, 6.07) is 0. The average Bonchev–Trinajstić information content (AvgIpc) is 2.31. The first-order chi connectivity index (χ1) is 4.84. The molecular weight excluding hydrogens is 172 g/mol. The lowest BCUT2D eigenvalue weighted by Crippen LogP contribution is -1.85. The van der Waals surface area contributed by atoms with Gasteiger partial charge in [0.15, 0.2) is 5.03 Å². The fourth-order valence-corrected chi connectivity index (χ4v) is 1.23. The minimum absolute atomic E-state index is 0.117. The molecular formula is C4H6N2O2S2. The molecule has 0 unspecified atom stereocenters. The highest BCUT2D eigenvalue weighted by Crippen LogP contribution is 2.14. The minimum Gasteiger partial charge on any atom is -0.396 e. The maximum atomic E-state index is 8.43. The van der Waals surface area contributed by atoms with Crippen LogP contribution in [0.1, 0.15) is 0 Å². The minimum atomic E-state index is 0.117. The van der Waals surface area contributed by atoms with Crippen molar-refractivity contribution in [3.05, 3.63) is 4.71 Å². The molecule has 0 saturated carbocycles. The van der Waals surface area contributed by atoms with E-state index in [1.54, 1.807) is 0 Å². The van der Waals surface area contributed by atoms with E-state index in [0.29, 0.717) is 15.5 Å². The Labute approximate surface area is 66.6 Å². The van der Waals surface area contributed by atoms with Gasteiger partial charge in [0.25, 0.3) is 4.71 Å². The Morgan fingerprint density at radius 1 is 1.80 bits per heavy atom. The van der Waals surface area contributed by atoms with Gasteiger partial charge >= 0.3 is 0 Å². The van der Waals surface area contributed by atoms with Crippen LogP contribution in [0, 0.1) is 4.71 Å². The van der Waals surface area contributed by atoms with Crippen LogP contribution in [0.2, 0.25) is 0 Å². The number of nitrogens with zero attached hydrogens (tertiary/aromatic N) is 1. The van der Waals surface area contributed by atoms with Gasteiger partial charge in [0, 0.05) is 5.75 Å². The van der Waals surface area contributed by atoms with Crippen LogP contribution in [0.25, 0.3) is 0 Å². The number of H-pyrrole nitrogens is 1. The molecule has 0 atom stereocenters. The Hall–Kier alpha value is -0.330. The molecule has 0 aromatic carbocycles. The molecule has 0 radical (unpaired) electrons. The van der Waals surface area contributed by atoms with Crippen molar-refractivity contribution < 1.29 is 9.63 Å². The Bertz CT molecular complexity index is 243. The highest BCUT2D eigenvalue weighted by molar-refractivity contribution is 7.99. The average molecular weight is 178 g/mol. The van der Waals surface area contributed by atoms with E-state index in [1.807, 2.05) is 0 Å². The highest BCUT2D eigenvalue weighted by atomic mass is 32.2. The summed E-state index contributed by atoms with van der Waals surface area (Å²) in [7, 11) is 0. The predicted molar refractivity (Wildman–Crippen MR) is 39.5 cm³/mol. The van der Waals surface area contributed by atoms with Crippen molar-refractivity contribution in [3.8, 4) is 0 Å². The molecule has 1 rings (SSSR count). The van der Waals surface area contributed by atoms with Crippen molar-refractivity contribution in [1.29, 1.82) is 0 Å². The molecule has 0 aliphatic heterocycles. The van der Waals surface area contributed by atoms with Crippen LogP contribution in [-0.4, -0.2) is 27.8 Å². The van der Waals surface area contributed by atoms with Crippen LogP contribution >= 0.6 is 24.0 Å². The first-order valence-electron chi connectivity index (χ1n) is 2.62. The lowest BCUT2D eigenvalue weighted by atomic mass is 10.9. The van der Waals surface area contributed by atoms with Gasteiger partial charge in [-0.1, -0.05) is 11.8 Å². The molecule has 0 bridgehead atoms. The summed E-state index contributed by atoms with van der Waals surface area (Å²) < 4.78 is 4.98. The first-order valence-corrected chi connectivity index (χ1v) is 4.01. The van der Waals surface area contributed by atoms with Gasteiger partial charge in [-0.3, -0.25) is 0 Å². The molecule has 0 amide bonds. The highest BCUT2D eigenvalue weighted by Gasteiger charge is 1.99. The van der Waals surface area contributed by atoms with Crippen molar-refractivity contribution in [1.82, 2.24) is 10.4 Å². The summed E-state index contributed by atoms with van der Waals surface area (Å²) in [5.41, 5.74) is 0. The molecule has 10 heavy (non-hydrogen) atoms. The van der Waals surface area contributed by atoms with E-state index in [-0.39, 0.29) is 6.61 Å². The zero-order chi connectivity index (χ0) is 7.40. The third-order valence-electron chi connectivity index (χ3n) is 0.790. The van der Waals surface area contributed by atoms with Crippen LogP contribution in [-0.2, 0) is 0 Å². The molecule has 6 heteroatoms. The first kappa shape index (κ1) is 7.77. The van der Waals surface area contributed by atoms with Gasteiger partial charge < -0.3 is 9.63 Å². The zero-order valence-electron chi connectivity index (χ0n) is 5.03. The van der Waals surface area contributed by atoms with Gasteiger partial charge in [-0.25, -0.2) is 0 Å². The normalized spacial score (nSPS) is 10.1. The van der Waals surface area contributed by atoms with Crippen LogP contribution in [0.4, 0.5) is 0 Å². The van der Waals surface area contributed by atoms with Crippen LogP contribution in [0.5, 0.6) is 0 Å². The van der Waals surface area contributed by atoms with Gasteiger partial charge in [0.1, 0.15) is 0 Å². The molecule has 2 N–H and O–H groups in total. The molecule has 1 heterocycles. The molecule has 0 fully saturated rings. The largest absolute Gasteiger partial charge is 0.396 e. The molecule has 0 aliphatic carbocycles. The van der Waals surface area contributed by atoms with Crippen molar-refractivity contribution in [3.63, 3.8) is 0 Å². The topological polar surface area (TPSA) is 62.1 Å². The monoisotopic (exact) mass is 178 g/mol. The molecule has 0 aliphatic rings. The Kier molecular flexibility index (Phi) is 2.91. The van der Waals surface area contributed by atoms with Crippen molar-refractivity contribution in [2.45, 2.75) is 5.03 Å². The molecule has 0 spiro atoms. The Balaban J connectivity index is 2.57. The summed E-state index contributed by atoms with van der Waals surface area (Å²) in [5.74, 6) is 0.587. The Morgan fingerprint density at radius 3 is 3.10 bits per heavy atom. The smallest absolute Gasteiger partial charge is 0.254 e. The third kappa shape index (κ3) is 1.83. The number of nitrogens with one attached hydrogen (secondary N) is 1. The fourth-order valence-electron chi connectivity index (χ4n) is 0.429. The van der Waals surface area contributed by atoms with E-state index in [4.69, 9.17) is 17.3 Å². The van der Waals surface area contributed by atoms with E-state index in [1.165, 1.54) is 11.8 Å². The number of aliphatic hydroxyl groups excluding tert-OH is 1. The molecule has 4 nitrogen and oxygen atoms in total. The summed E-state index contributed by atoms with van der Waals surface area (Å²) in [5, 5.41) is 15.0. The van der Waals surface area contributed by atoms with Crippen molar-refractivity contribution >= 4 is 24.0 Å². The zero-order valence-corrected chi connectivity index (χ0v) is 6.67. The van der Waals surface area contributed by atoms with Crippen molar-refractivity contribution in [2.75, 3.05) is 12.4 Å². The molecule has 1 aromatic rings. The lowest BCUT2D eigenvalue weighted by molar-refractivity contribution is 0.322. The number of thioether (sulfide) groups is 1. The maximum absolute atomic E-state index is 8.43. The van der Waals surface area contributed by atoms with Gasteiger partial charge in [-0.05, 0) is 12.2 Å². The second-order valence-corrected chi connectivity index (χ2v) is 2.92. The van der Waals surface area contributed by atoms with Crippen LogP contribution in [0.3, 0.4) is 0 Å². The van der Waals surface area contributed by atoms with E-state index >= 15 is 0 Å². The summed E-state index contributed by atoms with van der Waals surface area (Å²) in [6.07, 6.45) is 0. The lowest BCUT2D eigenvalue weighted by Gasteiger charge is -1.87. The third-order valence-corrected chi connectivity index (χ3v) is 2.13. The van der Waals surface area contributed by atoms with E-state index in [9.17, 15) is 0 Å². The molecule has 0 saturated heterocycles. The predicted octanol–water partition coefficient (Wildman–Crippen LogP) is 0.817. The standard InChI is InChI=1S/C4H6N2O2S2/c7-1-2-10-3-4(9)8-6-5-3/h6-7H,1-2H2. The summed E-state index contributed by atoms with van der Waals surface area (Å²) in [4.78, 5) is 0. The van der Waals surface area contributed by atoms with E-state index in [2.05, 4.69) is 14.9 Å².